The summed E-state index contributed by atoms with van der Waals surface area (Å²) in [6, 6.07) is 9.57. The highest BCUT2D eigenvalue weighted by molar-refractivity contribution is 5.82. The first kappa shape index (κ1) is 19.9. The molecule has 1 fully saturated rings. The Hall–Kier alpha value is -2.37. The second-order valence-corrected chi connectivity index (χ2v) is 6.91. The molecule has 2 amide bonds. The molecule has 1 aromatic carbocycles. The standard InChI is InChI=1S/C20H28N2O4/c1-2-7-16(20(25)26)13-21-19(24)17-10-6-11-22(14-17)18(23)12-15-8-4-3-5-9-15/h3-5,8-9,16-17H,2,6-7,10-14H2,1H3,(H,21,24)(H,25,26). The Kier molecular flexibility index (Phi) is 7.63. The molecule has 1 heterocycles. The zero-order valence-corrected chi connectivity index (χ0v) is 15.3. The van der Waals surface area contributed by atoms with Crippen LogP contribution in [0.3, 0.4) is 0 Å². The number of nitrogens with zero attached hydrogens (tertiary/aromatic N) is 1. The third kappa shape index (κ3) is 5.86. The van der Waals surface area contributed by atoms with Crippen LogP contribution in [0.4, 0.5) is 0 Å². The summed E-state index contributed by atoms with van der Waals surface area (Å²) >= 11 is 0. The number of likely N-dealkylation sites (tertiary alicyclic amines) is 1. The van der Waals surface area contributed by atoms with Gasteiger partial charge in [0, 0.05) is 19.6 Å². The molecule has 0 saturated carbocycles. The zero-order chi connectivity index (χ0) is 18.9. The average Bonchev–Trinajstić information content (AvgIpc) is 2.65. The lowest BCUT2D eigenvalue weighted by molar-refractivity contribution is -0.142. The highest BCUT2D eigenvalue weighted by Gasteiger charge is 2.29. The number of carboxylic acid groups (broad SMARTS) is 1. The van der Waals surface area contributed by atoms with Crippen molar-refractivity contribution in [2.24, 2.45) is 11.8 Å². The van der Waals surface area contributed by atoms with Crippen LogP contribution in [0.2, 0.25) is 0 Å². The Labute approximate surface area is 154 Å². The molecule has 142 valence electrons. The smallest absolute Gasteiger partial charge is 0.308 e. The van der Waals surface area contributed by atoms with Gasteiger partial charge < -0.3 is 15.3 Å². The fraction of sp³-hybridized carbons (Fsp3) is 0.550. The van der Waals surface area contributed by atoms with Crippen LogP contribution in [-0.4, -0.2) is 47.4 Å². The van der Waals surface area contributed by atoms with Gasteiger partial charge in [0.05, 0.1) is 18.3 Å². The number of carbonyl (C=O) groups excluding carboxylic acids is 2. The average molecular weight is 360 g/mol. The summed E-state index contributed by atoms with van der Waals surface area (Å²) in [7, 11) is 0. The summed E-state index contributed by atoms with van der Waals surface area (Å²) in [6.45, 7) is 3.15. The molecule has 0 bridgehead atoms. The molecule has 6 heteroatoms. The van der Waals surface area contributed by atoms with Crippen molar-refractivity contribution in [3.8, 4) is 0 Å². The van der Waals surface area contributed by atoms with Gasteiger partial charge in [0.15, 0.2) is 0 Å². The molecule has 26 heavy (non-hydrogen) atoms. The predicted molar refractivity (Wildman–Crippen MR) is 98.5 cm³/mol. The quantitative estimate of drug-likeness (QED) is 0.743. The summed E-state index contributed by atoms with van der Waals surface area (Å²) in [5.74, 6) is -1.81. The summed E-state index contributed by atoms with van der Waals surface area (Å²) in [5.41, 5.74) is 0.966. The van der Waals surface area contributed by atoms with Crippen LogP contribution in [0.1, 0.15) is 38.2 Å². The van der Waals surface area contributed by atoms with E-state index in [1.165, 1.54) is 0 Å². The molecule has 6 nitrogen and oxygen atoms in total. The largest absolute Gasteiger partial charge is 0.481 e. The minimum absolute atomic E-state index is 0.0306. The van der Waals surface area contributed by atoms with Crippen molar-refractivity contribution in [3.05, 3.63) is 35.9 Å². The third-order valence-corrected chi connectivity index (χ3v) is 4.85. The molecule has 2 atom stereocenters. The number of carboxylic acids is 1. The van der Waals surface area contributed by atoms with E-state index in [9.17, 15) is 19.5 Å². The lowest BCUT2D eigenvalue weighted by atomic mass is 9.96. The predicted octanol–water partition coefficient (Wildman–Crippen LogP) is 2.08. The Bertz CT molecular complexity index is 617. The van der Waals surface area contributed by atoms with Crippen LogP contribution < -0.4 is 5.32 Å². The number of nitrogens with one attached hydrogen (secondary N) is 1. The Morgan fingerprint density at radius 3 is 2.65 bits per heavy atom. The van der Waals surface area contributed by atoms with E-state index >= 15 is 0 Å². The molecular formula is C20H28N2O4. The van der Waals surface area contributed by atoms with E-state index in [1.54, 1.807) is 4.90 Å². The summed E-state index contributed by atoms with van der Waals surface area (Å²) in [5, 5.41) is 11.9. The Morgan fingerprint density at radius 2 is 2.00 bits per heavy atom. The maximum atomic E-state index is 12.5. The third-order valence-electron chi connectivity index (χ3n) is 4.85. The van der Waals surface area contributed by atoms with Crippen molar-refractivity contribution in [3.63, 3.8) is 0 Å². The van der Waals surface area contributed by atoms with Crippen LogP contribution in [0, 0.1) is 11.8 Å². The number of aliphatic carboxylic acids is 1. The van der Waals surface area contributed by atoms with Crippen molar-refractivity contribution in [2.75, 3.05) is 19.6 Å². The molecule has 1 saturated heterocycles. The zero-order valence-electron chi connectivity index (χ0n) is 15.3. The first-order chi connectivity index (χ1) is 12.5. The van der Waals surface area contributed by atoms with E-state index < -0.39 is 11.9 Å². The minimum Gasteiger partial charge on any atom is -0.481 e. The monoisotopic (exact) mass is 360 g/mol. The summed E-state index contributed by atoms with van der Waals surface area (Å²) < 4.78 is 0. The van der Waals surface area contributed by atoms with Crippen molar-refractivity contribution in [1.29, 1.82) is 0 Å². The molecule has 2 N–H and O–H groups in total. The molecular weight excluding hydrogens is 332 g/mol. The highest BCUT2D eigenvalue weighted by Crippen LogP contribution is 2.18. The molecule has 1 aromatic rings. The van der Waals surface area contributed by atoms with Gasteiger partial charge in [-0.25, -0.2) is 0 Å². The second kappa shape index (κ2) is 9.94. The highest BCUT2D eigenvalue weighted by atomic mass is 16.4. The number of hydrogen-bond donors (Lipinski definition) is 2. The number of carbonyl (C=O) groups is 3. The fourth-order valence-electron chi connectivity index (χ4n) is 3.33. The van der Waals surface area contributed by atoms with Gasteiger partial charge in [0.1, 0.15) is 0 Å². The normalized spacial score (nSPS) is 18.2. The molecule has 0 spiro atoms. The lowest BCUT2D eigenvalue weighted by Gasteiger charge is -2.32. The van der Waals surface area contributed by atoms with E-state index in [0.717, 1.165) is 24.8 Å². The van der Waals surface area contributed by atoms with Crippen molar-refractivity contribution in [2.45, 2.75) is 39.0 Å². The molecule has 0 radical (unpaired) electrons. The minimum atomic E-state index is -0.879. The summed E-state index contributed by atoms with van der Waals surface area (Å²) in [4.78, 5) is 37.8. The van der Waals surface area contributed by atoms with Gasteiger partial charge in [0.2, 0.25) is 11.8 Å². The van der Waals surface area contributed by atoms with E-state index in [1.807, 2.05) is 37.3 Å². The van der Waals surface area contributed by atoms with Gasteiger partial charge >= 0.3 is 5.97 Å². The van der Waals surface area contributed by atoms with Crippen LogP contribution in [0.25, 0.3) is 0 Å². The van der Waals surface area contributed by atoms with E-state index in [2.05, 4.69) is 5.32 Å². The maximum Gasteiger partial charge on any atom is 0.308 e. The van der Waals surface area contributed by atoms with E-state index in [4.69, 9.17) is 0 Å². The molecule has 1 aliphatic heterocycles. The Balaban J connectivity index is 1.85. The van der Waals surface area contributed by atoms with Crippen molar-refractivity contribution < 1.29 is 19.5 Å². The maximum absolute atomic E-state index is 12.5. The van der Waals surface area contributed by atoms with Gasteiger partial charge in [-0.2, -0.15) is 0 Å². The van der Waals surface area contributed by atoms with Crippen LogP contribution >= 0.6 is 0 Å². The fourth-order valence-corrected chi connectivity index (χ4v) is 3.33. The first-order valence-electron chi connectivity index (χ1n) is 9.33. The lowest BCUT2D eigenvalue weighted by Crippen LogP contribution is -2.47. The molecule has 0 aliphatic carbocycles. The van der Waals surface area contributed by atoms with E-state index in [-0.39, 0.29) is 24.3 Å². The van der Waals surface area contributed by atoms with Crippen LogP contribution in [0.15, 0.2) is 30.3 Å². The topological polar surface area (TPSA) is 86.7 Å². The SMILES string of the molecule is CCCC(CNC(=O)C1CCCN(C(=O)Cc2ccccc2)C1)C(=O)O. The molecule has 0 aromatic heterocycles. The summed E-state index contributed by atoms with van der Waals surface area (Å²) in [6.07, 6.45) is 3.16. The number of benzene rings is 1. The van der Waals surface area contributed by atoms with Gasteiger partial charge in [-0.05, 0) is 24.8 Å². The van der Waals surface area contributed by atoms with Crippen molar-refractivity contribution >= 4 is 17.8 Å². The van der Waals surface area contributed by atoms with E-state index in [0.29, 0.717) is 25.9 Å². The first-order valence-corrected chi connectivity index (χ1v) is 9.33. The van der Waals surface area contributed by atoms with Crippen molar-refractivity contribution in [1.82, 2.24) is 10.2 Å². The molecule has 2 rings (SSSR count). The van der Waals surface area contributed by atoms with Crippen LogP contribution in [0.5, 0.6) is 0 Å². The molecule has 1 aliphatic rings. The number of rotatable bonds is 8. The Morgan fingerprint density at radius 1 is 1.27 bits per heavy atom. The number of hydrogen-bond acceptors (Lipinski definition) is 3. The number of piperidine rings is 1. The van der Waals surface area contributed by atoms with Gasteiger partial charge in [-0.15, -0.1) is 0 Å². The van der Waals surface area contributed by atoms with Gasteiger partial charge in [-0.1, -0.05) is 43.7 Å². The van der Waals surface area contributed by atoms with Gasteiger partial charge in [0.25, 0.3) is 0 Å². The second-order valence-electron chi connectivity index (χ2n) is 6.91. The molecule has 2 unspecified atom stereocenters. The number of amides is 2. The van der Waals surface area contributed by atoms with Crippen LogP contribution in [-0.2, 0) is 20.8 Å². The van der Waals surface area contributed by atoms with Gasteiger partial charge in [-0.3, -0.25) is 14.4 Å².